The first-order valence-corrected chi connectivity index (χ1v) is 12.9. The maximum Gasteiger partial charge on any atom is 0.173 e. The first-order valence-electron chi connectivity index (χ1n) is 12.1. The second-order valence-electron chi connectivity index (χ2n) is 8.79. The Labute approximate surface area is 218 Å². The minimum atomic E-state index is 0.760. The van der Waals surface area contributed by atoms with Crippen molar-refractivity contribution in [2.75, 3.05) is 4.90 Å². The van der Waals surface area contributed by atoms with Gasteiger partial charge in [0.05, 0.1) is 0 Å². The third-order valence-electron chi connectivity index (χ3n) is 6.46. The Balaban J connectivity index is 1.29. The summed E-state index contributed by atoms with van der Waals surface area (Å²) in [5.74, 6) is 0.760. The largest absolute Gasteiger partial charge is 0.456 e. The van der Waals surface area contributed by atoms with Crippen molar-refractivity contribution in [3.63, 3.8) is 0 Å². The summed E-state index contributed by atoms with van der Waals surface area (Å²) < 4.78 is 10.6. The minimum Gasteiger partial charge on any atom is -0.456 e. The van der Waals surface area contributed by atoms with E-state index in [1.54, 1.807) is 0 Å². The Morgan fingerprint density at radius 3 is 2.00 bits per heavy atom. The maximum atomic E-state index is 6.07. The Morgan fingerprint density at radius 1 is 0.541 bits per heavy atom. The van der Waals surface area contributed by atoms with E-state index in [0.717, 1.165) is 61.0 Å². The van der Waals surface area contributed by atoms with Crippen LogP contribution in [0.1, 0.15) is 0 Å². The van der Waals surface area contributed by atoms with E-state index in [1.165, 1.54) is 11.5 Å². The number of hydrogen-bond donors (Lipinski definition) is 0. The number of benzene rings is 5. The molecule has 5 aromatic carbocycles. The van der Waals surface area contributed by atoms with Crippen molar-refractivity contribution < 1.29 is 4.42 Å². The molecule has 7 aromatic rings. The summed E-state index contributed by atoms with van der Waals surface area (Å²) in [5.41, 5.74) is 7.09. The first kappa shape index (κ1) is 21.5. The highest BCUT2D eigenvalue weighted by molar-refractivity contribution is 7.09. The lowest BCUT2D eigenvalue weighted by Gasteiger charge is -2.25. The Kier molecular flexibility index (Phi) is 5.26. The van der Waals surface area contributed by atoms with Gasteiger partial charge in [0.2, 0.25) is 0 Å². The summed E-state index contributed by atoms with van der Waals surface area (Å²) in [6, 6.07) is 43.6. The molecule has 0 aliphatic heterocycles. The second-order valence-corrected chi connectivity index (χ2v) is 9.54. The first-order chi connectivity index (χ1) is 18.3. The van der Waals surface area contributed by atoms with Gasteiger partial charge in [-0.2, -0.15) is 4.37 Å². The van der Waals surface area contributed by atoms with Crippen LogP contribution >= 0.6 is 11.5 Å². The molecule has 0 radical (unpaired) electrons. The second kappa shape index (κ2) is 9.04. The molecular weight excluding hydrogens is 474 g/mol. The lowest BCUT2D eigenvalue weighted by atomic mass is 10.1. The molecule has 37 heavy (non-hydrogen) atoms. The van der Waals surface area contributed by atoms with E-state index in [1.807, 2.05) is 54.6 Å². The van der Waals surface area contributed by atoms with Gasteiger partial charge < -0.3 is 9.32 Å². The molecule has 176 valence electrons. The molecule has 2 aromatic heterocycles. The van der Waals surface area contributed by atoms with Crippen molar-refractivity contribution in [2.24, 2.45) is 0 Å². The molecule has 0 aliphatic carbocycles. The van der Waals surface area contributed by atoms with Crippen LogP contribution in [0.5, 0.6) is 0 Å². The van der Waals surface area contributed by atoms with E-state index in [2.05, 4.69) is 82.1 Å². The fourth-order valence-corrected chi connectivity index (χ4v) is 5.36. The molecule has 0 bridgehead atoms. The molecule has 5 heteroatoms. The van der Waals surface area contributed by atoms with Gasteiger partial charge in [-0.15, -0.1) is 0 Å². The van der Waals surface area contributed by atoms with Gasteiger partial charge in [-0.05, 0) is 72.2 Å². The number of hydrogen-bond acceptors (Lipinski definition) is 5. The predicted octanol–water partition coefficient (Wildman–Crippen LogP) is 9.24. The molecule has 0 spiro atoms. The summed E-state index contributed by atoms with van der Waals surface area (Å²) in [4.78, 5) is 7.05. The third kappa shape index (κ3) is 3.96. The Hall–Kier alpha value is -4.74. The van der Waals surface area contributed by atoms with Crippen molar-refractivity contribution in [3.8, 4) is 22.0 Å². The van der Waals surface area contributed by atoms with Crippen LogP contribution in [0.4, 0.5) is 17.1 Å². The number of fused-ring (bicyclic) bond motifs is 3. The van der Waals surface area contributed by atoms with E-state index in [4.69, 9.17) is 9.40 Å². The van der Waals surface area contributed by atoms with Gasteiger partial charge in [0, 0.05) is 39.0 Å². The summed E-state index contributed by atoms with van der Waals surface area (Å²) in [7, 11) is 0. The molecule has 0 amide bonds. The summed E-state index contributed by atoms with van der Waals surface area (Å²) in [5, 5.41) is 3.13. The maximum absolute atomic E-state index is 6.07. The van der Waals surface area contributed by atoms with Crippen LogP contribution in [0, 0.1) is 0 Å². The van der Waals surface area contributed by atoms with Gasteiger partial charge >= 0.3 is 0 Å². The predicted molar refractivity (Wildman–Crippen MR) is 153 cm³/mol. The van der Waals surface area contributed by atoms with Crippen molar-refractivity contribution in [1.82, 2.24) is 9.36 Å². The van der Waals surface area contributed by atoms with Gasteiger partial charge in [-0.25, -0.2) is 4.98 Å². The highest BCUT2D eigenvalue weighted by Crippen LogP contribution is 2.39. The zero-order valence-corrected chi connectivity index (χ0v) is 20.6. The highest BCUT2D eigenvalue weighted by Gasteiger charge is 2.16. The number of anilines is 3. The molecule has 0 saturated heterocycles. The van der Waals surface area contributed by atoms with Crippen LogP contribution in [-0.4, -0.2) is 9.36 Å². The van der Waals surface area contributed by atoms with Crippen LogP contribution in [-0.2, 0) is 0 Å². The van der Waals surface area contributed by atoms with Gasteiger partial charge in [-0.3, -0.25) is 0 Å². The van der Waals surface area contributed by atoms with E-state index in [9.17, 15) is 0 Å². The molecule has 0 aliphatic rings. The third-order valence-corrected chi connectivity index (χ3v) is 7.23. The number of para-hydroxylation sites is 2. The summed E-state index contributed by atoms with van der Waals surface area (Å²) >= 11 is 1.42. The number of rotatable bonds is 5. The molecule has 2 heterocycles. The normalized spacial score (nSPS) is 11.2. The molecule has 0 unspecified atom stereocenters. The SMILES string of the molecule is c1ccc(-c2nsc(-c3ccc(N(c4ccccc4)c4ccc5oc6ccccc6c5c4)cc3)n2)cc1. The van der Waals surface area contributed by atoms with Crippen molar-refractivity contribution in [1.29, 1.82) is 0 Å². The van der Waals surface area contributed by atoms with E-state index in [-0.39, 0.29) is 0 Å². The molecule has 0 N–H and O–H groups in total. The van der Waals surface area contributed by atoms with Crippen molar-refractivity contribution in [3.05, 3.63) is 127 Å². The fraction of sp³-hybridized carbons (Fsp3) is 0. The van der Waals surface area contributed by atoms with E-state index < -0.39 is 0 Å². The lowest BCUT2D eigenvalue weighted by Crippen LogP contribution is -2.09. The van der Waals surface area contributed by atoms with Gasteiger partial charge in [0.25, 0.3) is 0 Å². The van der Waals surface area contributed by atoms with Crippen LogP contribution in [0.25, 0.3) is 43.9 Å². The summed E-state index contributed by atoms with van der Waals surface area (Å²) in [6.07, 6.45) is 0. The van der Waals surface area contributed by atoms with Crippen LogP contribution in [0.15, 0.2) is 132 Å². The Bertz CT molecular complexity index is 1820. The number of aromatic nitrogens is 2. The fourth-order valence-electron chi connectivity index (χ4n) is 4.68. The van der Waals surface area contributed by atoms with E-state index in [0.29, 0.717) is 0 Å². The van der Waals surface area contributed by atoms with E-state index >= 15 is 0 Å². The van der Waals surface area contributed by atoms with Gasteiger partial charge in [-0.1, -0.05) is 66.7 Å². The highest BCUT2D eigenvalue weighted by atomic mass is 32.1. The van der Waals surface area contributed by atoms with Crippen molar-refractivity contribution in [2.45, 2.75) is 0 Å². The smallest absolute Gasteiger partial charge is 0.173 e. The molecular formula is C32H21N3OS. The molecule has 0 saturated carbocycles. The zero-order valence-electron chi connectivity index (χ0n) is 19.8. The molecule has 0 fully saturated rings. The van der Waals surface area contributed by atoms with Crippen LogP contribution in [0.3, 0.4) is 0 Å². The monoisotopic (exact) mass is 495 g/mol. The zero-order chi connectivity index (χ0) is 24.6. The summed E-state index contributed by atoms with van der Waals surface area (Å²) in [6.45, 7) is 0. The van der Waals surface area contributed by atoms with Crippen LogP contribution in [0.2, 0.25) is 0 Å². The van der Waals surface area contributed by atoms with Crippen LogP contribution < -0.4 is 4.90 Å². The number of furan rings is 1. The minimum absolute atomic E-state index is 0.760. The quantitative estimate of drug-likeness (QED) is 0.239. The van der Waals surface area contributed by atoms with Gasteiger partial charge in [0.1, 0.15) is 16.2 Å². The average Bonchev–Trinajstić information content (AvgIpc) is 3.60. The van der Waals surface area contributed by atoms with Gasteiger partial charge in [0.15, 0.2) is 5.82 Å². The number of nitrogens with zero attached hydrogens (tertiary/aromatic N) is 3. The standard InChI is InChI=1S/C32H21N3OS/c1-3-9-22(10-4-1)31-33-32(37-34-31)23-15-17-25(18-16-23)35(24-11-5-2-6-12-24)26-19-20-30-28(21-26)27-13-7-8-14-29(27)36-30/h1-21H. The topological polar surface area (TPSA) is 42.2 Å². The molecule has 4 nitrogen and oxygen atoms in total. The molecule has 7 rings (SSSR count). The lowest BCUT2D eigenvalue weighted by molar-refractivity contribution is 0.669. The van der Waals surface area contributed by atoms with Crippen molar-refractivity contribution >= 4 is 50.5 Å². The molecule has 0 atom stereocenters. The average molecular weight is 496 g/mol. The Morgan fingerprint density at radius 2 is 1.19 bits per heavy atom.